The predicted molar refractivity (Wildman–Crippen MR) is 276 cm³/mol. The third kappa shape index (κ3) is 47.8. The van der Waals surface area contributed by atoms with Crippen LogP contribution in [0, 0.1) is 0 Å². The quantitative estimate of drug-likeness (QED) is 0.0422. The third-order valence-corrected chi connectivity index (χ3v) is 10.9. The van der Waals surface area contributed by atoms with Crippen LogP contribution in [0.4, 0.5) is 0 Å². The summed E-state index contributed by atoms with van der Waals surface area (Å²) in [6.07, 6.45) is 80.7. The van der Waals surface area contributed by atoms with Crippen molar-refractivity contribution >= 4 is 5.91 Å². The van der Waals surface area contributed by atoms with Gasteiger partial charge in [0.15, 0.2) is 0 Å². The van der Waals surface area contributed by atoms with Crippen LogP contribution in [-0.2, 0) is 4.79 Å². The second-order valence-electron chi connectivity index (χ2n) is 16.8. The zero-order chi connectivity index (χ0) is 44.9. The Morgan fingerprint density at radius 2 is 0.726 bits per heavy atom. The molecule has 0 heterocycles. The molecule has 0 aromatic carbocycles. The minimum absolute atomic E-state index is 0.0808. The lowest BCUT2D eigenvalue weighted by Gasteiger charge is -2.19. The van der Waals surface area contributed by atoms with E-state index in [9.17, 15) is 15.0 Å². The molecule has 0 rings (SSSR count). The maximum Gasteiger partial charge on any atom is 0.220 e. The first-order chi connectivity index (χ1) is 30.7. The molecule has 3 N–H and O–H groups in total. The van der Waals surface area contributed by atoms with E-state index in [-0.39, 0.29) is 12.5 Å². The first-order valence-corrected chi connectivity index (χ1v) is 25.7. The van der Waals surface area contributed by atoms with E-state index in [2.05, 4.69) is 129 Å². The molecule has 0 aromatic heterocycles. The van der Waals surface area contributed by atoms with E-state index < -0.39 is 12.1 Å². The van der Waals surface area contributed by atoms with Crippen molar-refractivity contribution in [3.8, 4) is 0 Å². The van der Waals surface area contributed by atoms with Crippen molar-refractivity contribution < 1.29 is 15.0 Å². The van der Waals surface area contributed by atoms with Gasteiger partial charge in [-0.25, -0.2) is 0 Å². The Hall–Kier alpha value is -3.21. The monoisotopic (exact) mass is 856 g/mol. The molecule has 0 spiro atoms. The largest absolute Gasteiger partial charge is 0.394 e. The highest BCUT2D eigenvalue weighted by atomic mass is 16.3. The molecule has 0 aromatic rings. The van der Waals surface area contributed by atoms with Gasteiger partial charge in [-0.3, -0.25) is 4.79 Å². The lowest BCUT2D eigenvalue weighted by Crippen LogP contribution is -2.45. The molecular formula is C58H97NO3. The van der Waals surface area contributed by atoms with Crippen molar-refractivity contribution in [2.75, 3.05) is 6.61 Å². The average molecular weight is 856 g/mol. The van der Waals surface area contributed by atoms with Crippen LogP contribution in [0.5, 0.6) is 0 Å². The van der Waals surface area contributed by atoms with Crippen LogP contribution < -0.4 is 5.32 Å². The van der Waals surface area contributed by atoms with E-state index in [0.717, 1.165) is 83.5 Å². The number of carbonyl (C=O) groups is 1. The van der Waals surface area contributed by atoms with Crippen molar-refractivity contribution in [2.24, 2.45) is 0 Å². The van der Waals surface area contributed by atoms with Crippen molar-refractivity contribution in [1.29, 1.82) is 0 Å². The highest BCUT2D eigenvalue weighted by Gasteiger charge is 2.17. The number of unbranched alkanes of at least 4 members (excludes halogenated alkanes) is 20. The van der Waals surface area contributed by atoms with Gasteiger partial charge in [-0.15, -0.1) is 0 Å². The number of hydrogen-bond acceptors (Lipinski definition) is 3. The molecule has 352 valence electrons. The van der Waals surface area contributed by atoms with Crippen molar-refractivity contribution in [2.45, 2.75) is 231 Å². The minimum atomic E-state index is -0.864. The number of hydrogen-bond donors (Lipinski definition) is 3. The third-order valence-electron chi connectivity index (χ3n) is 10.9. The highest BCUT2D eigenvalue weighted by molar-refractivity contribution is 5.76. The van der Waals surface area contributed by atoms with Crippen molar-refractivity contribution in [3.05, 3.63) is 122 Å². The molecule has 0 aliphatic rings. The number of allylic oxidation sites excluding steroid dienone is 19. The van der Waals surface area contributed by atoms with Crippen molar-refractivity contribution in [3.63, 3.8) is 0 Å². The minimum Gasteiger partial charge on any atom is -0.394 e. The summed E-state index contributed by atoms with van der Waals surface area (Å²) in [5.41, 5.74) is 0. The molecule has 0 saturated carbocycles. The summed E-state index contributed by atoms with van der Waals surface area (Å²) >= 11 is 0. The molecule has 0 bridgehead atoms. The molecule has 0 saturated heterocycles. The summed E-state index contributed by atoms with van der Waals surface area (Å²) in [5, 5.41) is 22.9. The molecule has 4 heteroatoms. The van der Waals surface area contributed by atoms with E-state index in [1.54, 1.807) is 6.08 Å². The van der Waals surface area contributed by atoms with Crippen LogP contribution in [0.25, 0.3) is 0 Å². The first-order valence-electron chi connectivity index (χ1n) is 25.7. The highest BCUT2D eigenvalue weighted by Crippen LogP contribution is 2.15. The van der Waals surface area contributed by atoms with Gasteiger partial charge in [0.2, 0.25) is 5.91 Å². The van der Waals surface area contributed by atoms with Gasteiger partial charge in [-0.05, 0) is 96.3 Å². The summed E-state index contributed by atoms with van der Waals surface area (Å²) in [7, 11) is 0. The SMILES string of the molecule is CC/C=C\C/C=C\C/C=C\C/C=C\C/C=C\C/C=C\C/C=C\C/C=C\CCCCCCCCCCCCCCCCCCC(=O)NC(CO)C(O)/C=C/CC/C=C/CCCCC. The summed E-state index contributed by atoms with van der Waals surface area (Å²) in [5.74, 6) is -0.0808. The van der Waals surface area contributed by atoms with Crippen molar-refractivity contribution in [1.82, 2.24) is 5.32 Å². The Labute approximate surface area is 384 Å². The van der Waals surface area contributed by atoms with Gasteiger partial charge in [0.25, 0.3) is 0 Å². The maximum absolute atomic E-state index is 12.4. The summed E-state index contributed by atoms with van der Waals surface area (Å²) < 4.78 is 0. The first kappa shape index (κ1) is 58.8. The molecule has 4 nitrogen and oxygen atoms in total. The predicted octanol–water partition coefficient (Wildman–Crippen LogP) is 16.9. The van der Waals surface area contributed by atoms with Crippen LogP contribution in [0.2, 0.25) is 0 Å². The Morgan fingerprint density at radius 1 is 0.403 bits per heavy atom. The Bertz CT molecular complexity index is 1240. The number of amides is 1. The average Bonchev–Trinajstić information content (AvgIpc) is 3.28. The normalized spacial score (nSPS) is 13.9. The molecular weight excluding hydrogens is 759 g/mol. The Morgan fingerprint density at radius 3 is 1.13 bits per heavy atom. The number of aliphatic hydroxyl groups is 2. The summed E-state index contributed by atoms with van der Waals surface area (Å²) in [6.45, 7) is 4.12. The van der Waals surface area contributed by atoms with Gasteiger partial charge in [-0.2, -0.15) is 0 Å². The fourth-order valence-corrected chi connectivity index (χ4v) is 7.03. The molecule has 2 unspecified atom stereocenters. The van der Waals surface area contributed by atoms with Crippen LogP contribution in [0.3, 0.4) is 0 Å². The molecule has 0 aliphatic heterocycles. The van der Waals surface area contributed by atoms with Gasteiger partial charge in [0.1, 0.15) is 0 Å². The smallest absolute Gasteiger partial charge is 0.220 e. The standard InChI is InChI=1S/C58H97NO3/c1-3-5-7-9-11-13-14-15-16-17-18-19-20-21-22-23-24-25-26-27-28-29-30-31-32-33-34-35-36-37-38-39-40-41-42-43-44-46-48-50-52-54-58(62)59-56(55-60)57(61)53-51-49-47-45-12-10-8-6-4-2/h5,7,11-13,15-16,18-19,21-22,24-25,27-28,30-31,45,51,53,56-57,60-61H,3-4,6,8-10,14,17,20,23,26,29,32-44,46-50,52,54-55H2,1-2H3,(H,59,62)/b7-5-,13-11-,16-15-,19-18-,22-21-,25-24-,28-27-,31-30-,45-12+,53-51+. The van der Waals surface area contributed by atoms with Gasteiger partial charge in [-0.1, -0.05) is 238 Å². The van der Waals surface area contributed by atoms with E-state index >= 15 is 0 Å². The molecule has 62 heavy (non-hydrogen) atoms. The van der Waals surface area contributed by atoms with E-state index in [1.807, 2.05) is 6.08 Å². The van der Waals surface area contributed by atoms with Crippen LogP contribution >= 0.6 is 0 Å². The van der Waals surface area contributed by atoms with Gasteiger partial charge >= 0.3 is 0 Å². The topological polar surface area (TPSA) is 69.6 Å². The second-order valence-corrected chi connectivity index (χ2v) is 16.8. The zero-order valence-electron chi connectivity index (χ0n) is 40.3. The second kappa shape index (κ2) is 52.1. The lowest BCUT2D eigenvalue weighted by molar-refractivity contribution is -0.123. The van der Waals surface area contributed by atoms with Crippen LogP contribution in [0.1, 0.15) is 219 Å². The number of rotatable bonds is 45. The van der Waals surface area contributed by atoms with Gasteiger partial charge in [0, 0.05) is 6.42 Å². The summed E-state index contributed by atoms with van der Waals surface area (Å²) in [6, 6.07) is -0.642. The van der Waals surface area contributed by atoms with Gasteiger partial charge in [0.05, 0.1) is 18.8 Å². The number of carbonyl (C=O) groups excluding carboxylic acids is 1. The number of nitrogens with one attached hydrogen (secondary N) is 1. The fourth-order valence-electron chi connectivity index (χ4n) is 7.03. The molecule has 0 aliphatic carbocycles. The van der Waals surface area contributed by atoms with E-state index in [0.29, 0.717) is 6.42 Å². The molecule has 0 radical (unpaired) electrons. The maximum atomic E-state index is 12.4. The fraction of sp³-hybridized carbons (Fsp3) is 0.638. The summed E-state index contributed by atoms with van der Waals surface area (Å²) in [4.78, 5) is 12.4. The van der Waals surface area contributed by atoms with Crippen LogP contribution in [0.15, 0.2) is 122 Å². The van der Waals surface area contributed by atoms with E-state index in [4.69, 9.17) is 0 Å². The molecule has 1 amide bonds. The number of aliphatic hydroxyl groups excluding tert-OH is 2. The van der Waals surface area contributed by atoms with E-state index in [1.165, 1.54) is 116 Å². The van der Waals surface area contributed by atoms with Crippen LogP contribution in [-0.4, -0.2) is 34.9 Å². The molecule has 2 atom stereocenters. The Balaban J connectivity index is 3.52. The van der Waals surface area contributed by atoms with Gasteiger partial charge < -0.3 is 15.5 Å². The molecule has 0 fully saturated rings. The Kier molecular flexibility index (Phi) is 49.4. The zero-order valence-corrected chi connectivity index (χ0v) is 40.3. The lowest BCUT2D eigenvalue weighted by atomic mass is 10.0.